The number of imide groups is 1. The first-order valence-corrected chi connectivity index (χ1v) is 11.6. The molecular formula is C24H33N3O4. The third kappa shape index (κ3) is 4.93. The lowest BCUT2D eigenvalue weighted by molar-refractivity contribution is -0.137. The van der Waals surface area contributed by atoms with Crippen LogP contribution in [0.25, 0.3) is 5.57 Å². The number of ether oxygens (including phenoxy) is 2. The Morgan fingerprint density at radius 3 is 2.29 bits per heavy atom. The van der Waals surface area contributed by atoms with Crippen LogP contribution < -0.4 is 4.74 Å². The third-order valence-corrected chi connectivity index (χ3v) is 6.23. The van der Waals surface area contributed by atoms with Crippen molar-refractivity contribution in [3.8, 4) is 5.75 Å². The van der Waals surface area contributed by atoms with E-state index in [0.717, 1.165) is 76.5 Å². The van der Waals surface area contributed by atoms with Gasteiger partial charge < -0.3 is 14.4 Å². The molecule has 3 aliphatic heterocycles. The summed E-state index contributed by atoms with van der Waals surface area (Å²) in [6.45, 7) is 8.85. The first-order valence-electron chi connectivity index (χ1n) is 11.6. The lowest BCUT2D eigenvalue weighted by atomic mass is 10.0. The Balaban J connectivity index is 1.53. The van der Waals surface area contributed by atoms with Gasteiger partial charge in [-0.15, -0.1) is 0 Å². The van der Waals surface area contributed by atoms with Gasteiger partial charge >= 0.3 is 0 Å². The lowest BCUT2D eigenvalue weighted by Gasteiger charge is -2.30. The molecule has 3 aliphatic rings. The minimum Gasteiger partial charge on any atom is -0.494 e. The van der Waals surface area contributed by atoms with E-state index in [1.54, 1.807) is 0 Å². The van der Waals surface area contributed by atoms with Crippen molar-refractivity contribution in [1.82, 2.24) is 14.7 Å². The van der Waals surface area contributed by atoms with E-state index in [9.17, 15) is 9.59 Å². The van der Waals surface area contributed by atoms with Gasteiger partial charge in [0.15, 0.2) is 0 Å². The highest BCUT2D eigenvalue weighted by atomic mass is 16.5. The molecule has 0 bridgehead atoms. The molecule has 0 N–H and O–H groups in total. The van der Waals surface area contributed by atoms with Crippen LogP contribution in [0.5, 0.6) is 5.75 Å². The van der Waals surface area contributed by atoms with E-state index in [-0.39, 0.29) is 11.8 Å². The van der Waals surface area contributed by atoms with Crippen LogP contribution in [0.15, 0.2) is 30.0 Å². The topological polar surface area (TPSA) is 62.3 Å². The summed E-state index contributed by atoms with van der Waals surface area (Å²) in [5, 5.41) is 0. The fraction of sp³-hybridized carbons (Fsp3) is 0.583. The lowest BCUT2D eigenvalue weighted by Crippen LogP contribution is -2.40. The van der Waals surface area contributed by atoms with Gasteiger partial charge in [-0.1, -0.05) is 12.1 Å². The Bertz CT molecular complexity index is 809. The number of carbonyl (C=O) groups excluding carboxylic acids is 2. The predicted octanol–water partition coefficient (Wildman–Crippen LogP) is 2.37. The summed E-state index contributed by atoms with van der Waals surface area (Å²) in [5.74, 6) is 0.458. The summed E-state index contributed by atoms with van der Waals surface area (Å²) in [5.41, 5.74) is 1.92. The van der Waals surface area contributed by atoms with E-state index in [1.807, 2.05) is 31.2 Å². The highest BCUT2D eigenvalue weighted by molar-refractivity contribution is 6.35. The minimum atomic E-state index is -0.170. The summed E-state index contributed by atoms with van der Waals surface area (Å²) in [6, 6.07) is 7.54. The zero-order chi connectivity index (χ0) is 21.6. The maximum Gasteiger partial charge on any atom is 0.277 e. The number of morpholine rings is 1. The number of likely N-dealkylation sites (tertiary alicyclic amines) is 1. The first kappa shape index (κ1) is 21.8. The minimum absolute atomic E-state index is 0.141. The number of amides is 2. The Hall–Kier alpha value is -2.38. The third-order valence-electron chi connectivity index (χ3n) is 6.23. The number of nitrogens with zero attached hydrogens (tertiary/aromatic N) is 3. The Kier molecular flexibility index (Phi) is 7.25. The second-order valence-corrected chi connectivity index (χ2v) is 8.30. The van der Waals surface area contributed by atoms with Gasteiger partial charge in [0.1, 0.15) is 11.4 Å². The van der Waals surface area contributed by atoms with Gasteiger partial charge in [-0.2, -0.15) is 0 Å². The molecular weight excluding hydrogens is 394 g/mol. The van der Waals surface area contributed by atoms with Crippen LogP contribution in [0.2, 0.25) is 0 Å². The van der Waals surface area contributed by atoms with E-state index < -0.39 is 0 Å². The van der Waals surface area contributed by atoms with Crippen molar-refractivity contribution in [2.45, 2.75) is 32.6 Å². The van der Waals surface area contributed by atoms with Gasteiger partial charge in [-0.05, 0) is 50.3 Å². The molecule has 3 heterocycles. The molecule has 0 spiro atoms. The monoisotopic (exact) mass is 427 g/mol. The van der Waals surface area contributed by atoms with Gasteiger partial charge in [0, 0.05) is 39.3 Å². The largest absolute Gasteiger partial charge is 0.494 e. The molecule has 7 nitrogen and oxygen atoms in total. The highest BCUT2D eigenvalue weighted by Crippen LogP contribution is 2.34. The van der Waals surface area contributed by atoms with Gasteiger partial charge in [-0.3, -0.25) is 19.4 Å². The summed E-state index contributed by atoms with van der Waals surface area (Å²) >= 11 is 0. The molecule has 1 aromatic carbocycles. The summed E-state index contributed by atoms with van der Waals surface area (Å²) in [7, 11) is 0. The number of piperidine rings is 1. The molecule has 0 aromatic heterocycles. The molecule has 168 valence electrons. The number of benzene rings is 1. The van der Waals surface area contributed by atoms with Crippen molar-refractivity contribution in [1.29, 1.82) is 0 Å². The molecule has 31 heavy (non-hydrogen) atoms. The van der Waals surface area contributed by atoms with Crippen LogP contribution in [0.3, 0.4) is 0 Å². The second kappa shape index (κ2) is 10.3. The maximum atomic E-state index is 13.4. The van der Waals surface area contributed by atoms with Crippen molar-refractivity contribution >= 4 is 17.4 Å². The fourth-order valence-corrected chi connectivity index (χ4v) is 4.60. The molecule has 0 saturated carbocycles. The standard InChI is InChI=1S/C24H33N3O4/c1-2-31-20-9-7-19(8-10-20)21-22(26-12-4-3-5-13-26)24(29)27(23(21)28)14-6-11-25-15-17-30-18-16-25/h7-10H,2-6,11-18H2,1H3. The van der Waals surface area contributed by atoms with Crippen molar-refractivity contribution in [3.05, 3.63) is 35.5 Å². The molecule has 0 unspecified atom stereocenters. The van der Waals surface area contributed by atoms with Crippen molar-refractivity contribution in [2.24, 2.45) is 0 Å². The highest BCUT2D eigenvalue weighted by Gasteiger charge is 2.41. The molecule has 2 fully saturated rings. The molecule has 2 saturated heterocycles. The molecule has 1 aromatic rings. The van der Waals surface area contributed by atoms with Crippen LogP contribution in [0.4, 0.5) is 0 Å². The van der Waals surface area contributed by atoms with Crippen LogP contribution >= 0.6 is 0 Å². The molecule has 0 radical (unpaired) electrons. The number of hydrogen-bond donors (Lipinski definition) is 0. The normalized spacial score (nSPS) is 20.7. The van der Waals surface area contributed by atoms with E-state index >= 15 is 0 Å². The number of rotatable bonds is 8. The van der Waals surface area contributed by atoms with Crippen molar-refractivity contribution in [2.75, 3.05) is 59.1 Å². The Morgan fingerprint density at radius 1 is 0.903 bits per heavy atom. The van der Waals surface area contributed by atoms with Gasteiger partial charge in [0.05, 0.1) is 25.4 Å². The quantitative estimate of drug-likeness (QED) is 0.594. The van der Waals surface area contributed by atoms with E-state index in [4.69, 9.17) is 9.47 Å². The maximum absolute atomic E-state index is 13.4. The fourth-order valence-electron chi connectivity index (χ4n) is 4.60. The molecule has 4 rings (SSSR count). The summed E-state index contributed by atoms with van der Waals surface area (Å²) in [4.78, 5) is 32.7. The van der Waals surface area contributed by atoms with Crippen LogP contribution in [0, 0.1) is 0 Å². The van der Waals surface area contributed by atoms with Gasteiger partial charge in [0.2, 0.25) is 0 Å². The summed E-state index contributed by atoms with van der Waals surface area (Å²) in [6.07, 6.45) is 4.06. The number of hydrogen-bond acceptors (Lipinski definition) is 6. The van der Waals surface area contributed by atoms with E-state index in [2.05, 4.69) is 9.80 Å². The SMILES string of the molecule is CCOc1ccc(C2=C(N3CCCCC3)C(=O)N(CCCN3CCOCC3)C2=O)cc1. The Labute approximate surface area is 184 Å². The molecule has 7 heteroatoms. The van der Waals surface area contributed by atoms with Crippen LogP contribution in [-0.2, 0) is 14.3 Å². The van der Waals surface area contributed by atoms with Crippen molar-refractivity contribution < 1.29 is 19.1 Å². The van der Waals surface area contributed by atoms with E-state index in [1.165, 1.54) is 11.3 Å². The Morgan fingerprint density at radius 2 is 1.61 bits per heavy atom. The van der Waals surface area contributed by atoms with Gasteiger partial charge in [0.25, 0.3) is 11.8 Å². The van der Waals surface area contributed by atoms with Crippen LogP contribution in [0.1, 0.15) is 38.2 Å². The average molecular weight is 428 g/mol. The average Bonchev–Trinajstić information content (AvgIpc) is 3.06. The van der Waals surface area contributed by atoms with E-state index in [0.29, 0.717) is 24.4 Å². The molecule has 0 atom stereocenters. The van der Waals surface area contributed by atoms with Gasteiger partial charge in [-0.25, -0.2) is 0 Å². The predicted molar refractivity (Wildman–Crippen MR) is 119 cm³/mol. The smallest absolute Gasteiger partial charge is 0.277 e. The zero-order valence-corrected chi connectivity index (χ0v) is 18.5. The molecule has 2 amide bonds. The first-order chi connectivity index (χ1) is 15.2. The molecule has 0 aliphatic carbocycles. The van der Waals surface area contributed by atoms with Crippen molar-refractivity contribution in [3.63, 3.8) is 0 Å². The zero-order valence-electron chi connectivity index (χ0n) is 18.5. The number of carbonyl (C=O) groups is 2. The van der Waals surface area contributed by atoms with Crippen LogP contribution in [-0.4, -0.2) is 85.6 Å². The summed E-state index contributed by atoms with van der Waals surface area (Å²) < 4.78 is 10.9. The second-order valence-electron chi connectivity index (χ2n) is 8.30.